The van der Waals surface area contributed by atoms with Gasteiger partial charge in [0, 0.05) is 0 Å². The number of methoxy groups -OCH3 is 1. The van der Waals surface area contributed by atoms with Crippen molar-refractivity contribution in [1.82, 2.24) is 0 Å². The van der Waals surface area contributed by atoms with Gasteiger partial charge in [0.15, 0.2) is 12.9 Å². The molecule has 0 spiro atoms. The van der Waals surface area contributed by atoms with Gasteiger partial charge in [-0.15, -0.1) is 0 Å². The minimum absolute atomic E-state index is 0.261. The van der Waals surface area contributed by atoms with Crippen molar-refractivity contribution in [1.29, 1.82) is 0 Å². The zero-order valence-corrected chi connectivity index (χ0v) is 18.3. The Morgan fingerprint density at radius 3 is 2.24 bits per heavy atom. The zero-order valence-electron chi connectivity index (χ0n) is 18.3. The molecule has 2 fully saturated rings. The number of esters is 1. The van der Waals surface area contributed by atoms with E-state index >= 15 is 0 Å². The van der Waals surface area contributed by atoms with Gasteiger partial charge in [0.05, 0.1) is 20.3 Å². The van der Waals surface area contributed by atoms with E-state index in [-0.39, 0.29) is 12.4 Å². The van der Waals surface area contributed by atoms with Crippen molar-refractivity contribution in [3.8, 4) is 5.75 Å². The standard InChI is InChI=1S/C21H30O13/c1-30-13(24)8-31-10-4-2-3-9(5-10)19-18(29)20(15(26)12(7-23)32-19)34-21-17(28)16(27)14(25)11(6-22)33-21/h2-5,11-12,14-23,25-29H,6-8H2,1H3/t11-,12-,14-,15-,16+,17+,18-,19-,20+,21-/m1/s1. The number of ether oxygens (including phenoxy) is 5. The van der Waals surface area contributed by atoms with E-state index in [1.165, 1.54) is 13.2 Å². The maximum atomic E-state index is 11.3. The summed E-state index contributed by atoms with van der Waals surface area (Å²) in [6, 6.07) is 6.19. The van der Waals surface area contributed by atoms with Crippen LogP contribution in [0.15, 0.2) is 24.3 Å². The number of benzene rings is 1. The van der Waals surface area contributed by atoms with Gasteiger partial charge in [0.2, 0.25) is 0 Å². The molecular weight excluding hydrogens is 460 g/mol. The lowest BCUT2D eigenvalue weighted by Gasteiger charge is -2.46. The number of carbonyl (C=O) groups excluding carboxylic acids is 1. The maximum absolute atomic E-state index is 11.3. The van der Waals surface area contributed by atoms with E-state index in [4.69, 9.17) is 18.9 Å². The van der Waals surface area contributed by atoms with E-state index in [1.54, 1.807) is 18.2 Å². The summed E-state index contributed by atoms with van der Waals surface area (Å²) in [5.74, 6) is -0.340. The lowest BCUT2D eigenvalue weighted by atomic mass is 9.90. The van der Waals surface area contributed by atoms with Crippen molar-refractivity contribution < 1.29 is 64.2 Å². The second-order valence-electron chi connectivity index (χ2n) is 7.99. The molecule has 192 valence electrons. The topological polar surface area (TPSA) is 205 Å². The first-order valence-electron chi connectivity index (χ1n) is 10.6. The van der Waals surface area contributed by atoms with E-state index in [9.17, 15) is 40.5 Å². The SMILES string of the molecule is COC(=O)COc1cccc([C@H]2O[C@H](CO)[C@@H](O)[C@H](O[C@H]3O[C@H](CO)[C@@H](O)[C@H](O)[C@@H]3O)[C@@H]2O)c1. The third kappa shape index (κ3) is 5.66. The Bertz CT molecular complexity index is 805. The summed E-state index contributed by atoms with van der Waals surface area (Å²) < 4.78 is 26.4. The molecular formula is C21H30O13. The first kappa shape index (κ1) is 26.7. The lowest BCUT2D eigenvalue weighted by molar-refractivity contribution is -0.342. The molecule has 0 aliphatic carbocycles. The molecule has 1 aromatic carbocycles. The van der Waals surface area contributed by atoms with Crippen LogP contribution in [0.5, 0.6) is 5.75 Å². The highest BCUT2D eigenvalue weighted by Crippen LogP contribution is 2.36. The Morgan fingerprint density at radius 1 is 0.912 bits per heavy atom. The summed E-state index contributed by atoms with van der Waals surface area (Å²) in [5, 5.41) is 70.8. The second kappa shape index (κ2) is 11.7. The Kier molecular flexibility index (Phi) is 9.17. The van der Waals surface area contributed by atoms with Gasteiger partial charge >= 0.3 is 5.97 Å². The fraction of sp³-hybridized carbons (Fsp3) is 0.667. The molecule has 2 saturated heterocycles. The van der Waals surface area contributed by atoms with Crippen LogP contribution in [0.1, 0.15) is 11.7 Å². The van der Waals surface area contributed by atoms with Gasteiger partial charge in [0.25, 0.3) is 0 Å². The van der Waals surface area contributed by atoms with Gasteiger partial charge in [-0.25, -0.2) is 4.79 Å². The number of rotatable bonds is 8. The monoisotopic (exact) mass is 490 g/mol. The van der Waals surface area contributed by atoms with Crippen LogP contribution in [0, 0.1) is 0 Å². The summed E-state index contributed by atoms with van der Waals surface area (Å²) in [4.78, 5) is 11.3. The second-order valence-corrected chi connectivity index (χ2v) is 7.99. The van der Waals surface area contributed by atoms with Crippen molar-refractivity contribution in [3.63, 3.8) is 0 Å². The molecule has 13 heteroatoms. The fourth-order valence-corrected chi connectivity index (χ4v) is 3.84. The van der Waals surface area contributed by atoms with Crippen LogP contribution in [0.3, 0.4) is 0 Å². The van der Waals surface area contributed by atoms with Gasteiger partial charge in [-0.3, -0.25) is 0 Å². The number of hydrogen-bond donors (Lipinski definition) is 7. The molecule has 0 amide bonds. The molecule has 7 N–H and O–H groups in total. The molecule has 34 heavy (non-hydrogen) atoms. The minimum atomic E-state index is -1.76. The zero-order chi connectivity index (χ0) is 25.0. The predicted molar refractivity (Wildman–Crippen MR) is 109 cm³/mol. The third-order valence-corrected chi connectivity index (χ3v) is 5.78. The predicted octanol–water partition coefficient (Wildman–Crippen LogP) is -3.42. The van der Waals surface area contributed by atoms with E-state index in [0.29, 0.717) is 5.56 Å². The Labute approximate surface area is 194 Å². The summed E-state index contributed by atoms with van der Waals surface area (Å²) in [6.45, 7) is -1.68. The molecule has 0 bridgehead atoms. The number of aliphatic hydroxyl groups excluding tert-OH is 7. The van der Waals surface area contributed by atoms with Gasteiger partial charge in [-0.2, -0.15) is 0 Å². The number of carbonyl (C=O) groups is 1. The summed E-state index contributed by atoms with van der Waals surface area (Å²) in [7, 11) is 1.21. The van der Waals surface area contributed by atoms with Crippen molar-refractivity contribution in [3.05, 3.63) is 29.8 Å². The number of hydrogen-bond acceptors (Lipinski definition) is 13. The average Bonchev–Trinajstić information content (AvgIpc) is 2.85. The van der Waals surface area contributed by atoms with Crippen molar-refractivity contribution in [2.75, 3.05) is 26.9 Å². The largest absolute Gasteiger partial charge is 0.482 e. The highest BCUT2D eigenvalue weighted by Gasteiger charge is 2.50. The summed E-state index contributed by atoms with van der Waals surface area (Å²) in [5.41, 5.74) is 0.364. The molecule has 0 radical (unpaired) electrons. The van der Waals surface area contributed by atoms with Gasteiger partial charge in [-0.1, -0.05) is 12.1 Å². The van der Waals surface area contributed by atoms with E-state index in [2.05, 4.69) is 4.74 Å². The molecule has 2 heterocycles. The molecule has 10 atom stereocenters. The average molecular weight is 490 g/mol. The molecule has 2 aliphatic heterocycles. The first-order chi connectivity index (χ1) is 16.2. The molecule has 0 saturated carbocycles. The molecule has 13 nitrogen and oxygen atoms in total. The van der Waals surface area contributed by atoms with Crippen LogP contribution >= 0.6 is 0 Å². The van der Waals surface area contributed by atoms with Crippen LogP contribution in [-0.4, -0.2) is 124 Å². The lowest BCUT2D eigenvalue weighted by Crippen LogP contribution is -2.63. The Morgan fingerprint density at radius 2 is 1.59 bits per heavy atom. The fourth-order valence-electron chi connectivity index (χ4n) is 3.84. The summed E-state index contributed by atoms with van der Waals surface area (Å²) >= 11 is 0. The number of aliphatic hydroxyl groups is 7. The maximum Gasteiger partial charge on any atom is 0.343 e. The smallest absolute Gasteiger partial charge is 0.343 e. The Hall–Kier alpha value is -1.91. The van der Waals surface area contributed by atoms with E-state index in [1.807, 2.05) is 0 Å². The highest BCUT2D eigenvalue weighted by atomic mass is 16.7. The van der Waals surface area contributed by atoms with Crippen LogP contribution in [0.2, 0.25) is 0 Å². The van der Waals surface area contributed by atoms with Crippen LogP contribution in [0.4, 0.5) is 0 Å². The third-order valence-electron chi connectivity index (χ3n) is 5.78. The van der Waals surface area contributed by atoms with Crippen LogP contribution in [-0.2, 0) is 23.7 Å². The molecule has 1 aromatic rings. The van der Waals surface area contributed by atoms with Gasteiger partial charge in [-0.05, 0) is 17.7 Å². The van der Waals surface area contributed by atoms with Gasteiger partial charge < -0.3 is 59.4 Å². The molecule has 0 aromatic heterocycles. The van der Waals surface area contributed by atoms with Crippen LogP contribution < -0.4 is 4.74 Å². The molecule has 2 aliphatic rings. The van der Waals surface area contributed by atoms with Crippen LogP contribution in [0.25, 0.3) is 0 Å². The first-order valence-corrected chi connectivity index (χ1v) is 10.6. The summed E-state index contributed by atoms with van der Waals surface area (Å²) in [6.07, 6.45) is -14.9. The van der Waals surface area contributed by atoms with E-state index < -0.39 is 80.4 Å². The van der Waals surface area contributed by atoms with E-state index in [0.717, 1.165) is 0 Å². The van der Waals surface area contributed by atoms with Gasteiger partial charge in [0.1, 0.15) is 60.7 Å². The van der Waals surface area contributed by atoms with Crippen molar-refractivity contribution in [2.24, 2.45) is 0 Å². The quantitative estimate of drug-likeness (QED) is 0.178. The minimum Gasteiger partial charge on any atom is -0.482 e. The molecule has 0 unspecified atom stereocenters. The highest BCUT2D eigenvalue weighted by molar-refractivity contribution is 5.70. The van der Waals surface area contributed by atoms with Crippen molar-refractivity contribution >= 4 is 5.97 Å². The molecule has 3 rings (SSSR count). The van der Waals surface area contributed by atoms with Crippen molar-refractivity contribution in [2.45, 2.75) is 61.2 Å². The normalized spacial score (nSPS) is 38.4. The Balaban J connectivity index is 1.81.